The zero-order valence-corrected chi connectivity index (χ0v) is 27.4. The Balaban J connectivity index is 0.00000684. The van der Waals surface area contributed by atoms with Crippen LogP contribution in [0.25, 0.3) is 5.32 Å². The first-order chi connectivity index (χ1) is 17.3. The number of para-hydroxylation sites is 1. The number of nitrogens with zero attached hydrogens (tertiary/aromatic N) is 1. The van der Waals surface area contributed by atoms with Gasteiger partial charge in [-0.05, 0) is 32.1 Å². The van der Waals surface area contributed by atoms with Gasteiger partial charge in [0.2, 0.25) is 0 Å². The topological polar surface area (TPSA) is 137 Å². The van der Waals surface area contributed by atoms with Crippen molar-refractivity contribution in [1.82, 2.24) is 0 Å². The molecule has 1 aromatic carbocycles. The minimum Gasteiger partial charge on any atom is -0.627 e. The quantitative estimate of drug-likeness (QED) is 0.221. The average molecular weight is 594 g/mol. The van der Waals surface area contributed by atoms with E-state index in [0.29, 0.717) is 44.4 Å². The van der Waals surface area contributed by atoms with E-state index >= 15 is 0 Å². The van der Waals surface area contributed by atoms with E-state index in [4.69, 9.17) is 14.2 Å². The van der Waals surface area contributed by atoms with E-state index in [-0.39, 0.29) is 89.0 Å². The number of aliphatic hydroxyl groups excluding tert-OH is 3. The molecule has 3 N–H and O–H groups in total. The SMILES string of the molecule is CC(C)C(=O)CCCCCO[C@@H]1C(CO)O[C@H](OCCCCCC(=O)[N-]c2ccccc2)C(O)[C@@H]1O.[Rb+]. The number of amides is 1. The first-order valence-electron chi connectivity index (χ1n) is 13.0. The number of Topliss-reactive ketones (excluding diaryl/α,β-unsaturated/α-hetero) is 1. The molecule has 204 valence electrons. The van der Waals surface area contributed by atoms with Crippen molar-refractivity contribution in [1.29, 1.82) is 0 Å². The maximum absolute atomic E-state index is 11.9. The maximum Gasteiger partial charge on any atom is 1.00 e. The molecule has 0 aromatic heterocycles. The summed E-state index contributed by atoms with van der Waals surface area (Å²) in [4.78, 5) is 23.6. The molecule has 5 atom stereocenters. The molecular weight excluding hydrogens is 552 g/mol. The number of ketones is 1. The summed E-state index contributed by atoms with van der Waals surface area (Å²) in [5.41, 5.74) is 0.645. The van der Waals surface area contributed by atoms with Crippen LogP contribution in [0.1, 0.15) is 65.2 Å². The van der Waals surface area contributed by atoms with Gasteiger partial charge >= 0.3 is 58.2 Å². The van der Waals surface area contributed by atoms with E-state index in [1.54, 1.807) is 12.1 Å². The average Bonchev–Trinajstić information content (AvgIpc) is 2.87. The molecule has 37 heavy (non-hydrogen) atoms. The second-order valence-corrected chi connectivity index (χ2v) is 9.50. The van der Waals surface area contributed by atoms with Crippen LogP contribution in [0.5, 0.6) is 0 Å². The molecule has 0 bridgehead atoms. The Kier molecular flexibility index (Phi) is 18.8. The van der Waals surface area contributed by atoms with Gasteiger partial charge in [-0.3, -0.25) is 4.79 Å². The van der Waals surface area contributed by atoms with Gasteiger partial charge in [0, 0.05) is 25.6 Å². The van der Waals surface area contributed by atoms with Gasteiger partial charge in [-0.25, -0.2) is 0 Å². The minimum absolute atomic E-state index is 0. The fraction of sp³-hybridized carbons (Fsp3) is 0.704. The largest absolute Gasteiger partial charge is 1.00 e. The van der Waals surface area contributed by atoms with Crippen molar-refractivity contribution < 1.29 is 97.3 Å². The maximum atomic E-state index is 11.9. The van der Waals surface area contributed by atoms with Crippen LogP contribution >= 0.6 is 0 Å². The molecule has 9 nitrogen and oxygen atoms in total. The Morgan fingerprint density at radius 1 is 0.919 bits per heavy atom. The zero-order chi connectivity index (χ0) is 26.3. The summed E-state index contributed by atoms with van der Waals surface area (Å²) in [5.74, 6) is 0.119. The van der Waals surface area contributed by atoms with Crippen LogP contribution in [0, 0.1) is 5.92 Å². The molecule has 0 saturated carbocycles. The van der Waals surface area contributed by atoms with Gasteiger partial charge in [0.15, 0.2) is 6.29 Å². The third-order valence-electron chi connectivity index (χ3n) is 6.17. The van der Waals surface area contributed by atoms with Crippen molar-refractivity contribution in [2.24, 2.45) is 5.92 Å². The molecule has 1 aliphatic heterocycles. The number of benzene rings is 1. The van der Waals surface area contributed by atoms with Gasteiger partial charge in [-0.15, -0.1) is 5.69 Å². The number of ether oxygens (including phenoxy) is 3. The second-order valence-electron chi connectivity index (χ2n) is 9.50. The molecule has 1 heterocycles. The number of unbranched alkanes of at least 4 members (excludes halogenated alkanes) is 4. The Morgan fingerprint density at radius 3 is 2.16 bits per heavy atom. The van der Waals surface area contributed by atoms with Gasteiger partial charge in [0.25, 0.3) is 0 Å². The summed E-state index contributed by atoms with van der Waals surface area (Å²) in [6.45, 7) is 3.99. The van der Waals surface area contributed by atoms with Crippen LogP contribution in [0.15, 0.2) is 30.3 Å². The third-order valence-corrected chi connectivity index (χ3v) is 6.17. The van der Waals surface area contributed by atoms with Crippen LogP contribution < -0.4 is 58.2 Å². The molecule has 0 radical (unpaired) electrons. The molecule has 2 unspecified atom stereocenters. The molecule has 0 aliphatic carbocycles. The number of hydrogen-bond donors (Lipinski definition) is 3. The van der Waals surface area contributed by atoms with Crippen molar-refractivity contribution in [3.05, 3.63) is 35.6 Å². The fourth-order valence-electron chi connectivity index (χ4n) is 3.94. The summed E-state index contributed by atoms with van der Waals surface area (Å²) < 4.78 is 17.0. The summed E-state index contributed by atoms with van der Waals surface area (Å²) >= 11 is 0. The summed E-state index contributed by atoms with van der Waals surface area (Å²) in [5, 5.41) is 34.7. The monoisotopic (exact) mass is 593 g/mol. The molecule has 10 heteroatoms. The molecule has 2 rings (SSSR count). The second kappa shape index (κ2) is 19.9. The predicted octanol–water partition coefficient (Wildman–Crippen LogP) is 0.409. The number of carbonyl (C=O) groups is 2. The van der Waals surface area contributed by atoms with E-state index in [1.165, 1.54) is 0 Å². The standard InChI is InChI=1S/C27H43NO8.Rb/c1-19(2)21(30)14-8-4-10-16-34-26-22(18-29)36-27(25(33)24(26)32)35-17-11-5-9-15-23(31)28-20-12-6-3-7-13-20;/h3,6-7,12-13,19,22,24-27,29,32-33H,4-5,8-11,14-18H2,1-2H3,(H,28,31);/q;+1/p-1/t22?,24-,25?,26+,27-;/m0./s1. The molecule has 1 amide bonds. The molecule has 1 aliphatic rings. The Bertz CT molecular complexity index is 764. The van der Waals surface area contributed by atoms with Crippen LogP contribution in [0.2, 0.25) is 0 Å². The zero-order valence-electron chi connectivity index (χ0n) is 22.5. The number of rotatable bonds is 17. The Labute approximate surface area is 269 Å². The van der Waals surface area contributed by atoms with Gasteiger partial charge in [-0.1, -0.05) is 57.0 Å². The first kappa shape index (κ1) is 35.0. The van der Waals surface area contributed by atoms with E-state index in [1.807, 2.05) is 32.0 Å². The number of aliphatic hydroxyl groups is 3. The van der Waals surface area contributed by atoms with Gasteiger partial charge in [0.05, 0.1) is 12.5 Å². The van der Waals surface area contributed by atoms with E-state index < -0.39 is 30.7 Å². The van der Waals surface area contributed by atoms with Crippen LogP contribution in [0.4, 0.5) is 5.69 Å². The first-order valence-corrected chi connectivity index (χ1v) is 13.0. The van der Waals surface area contributed by atoms with Crippen LogP contribution in [0.3, 0.4) is 0 Å². The Hall–Kier alpha value is -0.0748. The van der Waals surface area contributed by atoms with Gasteiger partial charge in [0.1, 0.15) is 30.2 Å². The Morgan fingerprint density at radius 2 is 1.54 bits per heavy atom. The van der Waals surface area contributed by atoms with E-state index in [9.17, 15) is 24.9 Å². The summed E-state index contributed by atoms with van der Waals surface area (Å²) in [7, 11) is 0. The normalized spacial score (nSPS) is 23.5. The van der Waals surface area contributed by atoms with Crippen molar-refractivity contribution in [3.63, 3.8) is 0 Å². The van der Waals surface area contributed by atoms with Crippen molar-refractivity contribution in [3.8, 4) is 0 Å². The third kappa shape index (κ3) is 13.2. The van der Waals surface area contributed by atoms with Crippen LogP contribution in [-0.2, 0) is 23.8 Å². The number of carbonyl (C=O) groups excluding carboxylic acids is 2. The summed E-state index contributed by atoms with van der Waals surface area (Å²) in [6, 6.07) is 9.09. The molecule has 1 aromatic rings. The predicted molar refractivity (Wildman–Crippen MR) is 135 cm³/mol. The fourth-order valence-corrected chi connectivity index (χ4v) is 3.94. The molecule has 1 fully saturated rings. The van der Waals surface area contributed by atoms with E-state index in [0.717, 1.165) is 19.3 Å². The van der Waals surface area contributed by atoms with Crippen molar-refractivity contribution >= 4 is 17.4 Å². The van der Waals surface area contributed by atoms with Gasteiger partial charge in [-0.2, -0.15) is 0 Å². The van der Waals surface area contributed by atoms with E-state index in [2.05, 4.69) is 5.32 Å². The van der Waals surface area contributed by atoms with Crippen LogP contribution in [-0.4, -0.2) is 77.5 Å². The smallest absolute Gasteiger partial charge is 0.627 e. The molecular formula is C27H42NO8Rb. The molecule has 1 saturated heterocycles. The number of hydrogen-bond acceptors (Lipinski definition) is 8. The van der Waals surface area contributed by atoms with Crippen molar-refractivity contribution in [2.45, 2.75) is 95.9 Å². The van der Waals surface area contributed by atoms with Crippen molar-refractivity contribution in [2.75, 3.05) is 19.8 Å². The molecule has 0 spiro atoms. The van der Waals surface area contributed by atoms with Gasteiger partial charge < -0.3 is 39.6 Å². The minimum atomic E-state index is -1.31. The summed E-state index contributed by atoms with van der Waals surface area (Å²) in [6.07, 6.45) is -0.131.